The first-order chi connectivity index (χ1) is 28.0. The summed E-state index contributed by atoms with van der Waals surface area (Å²) >= 11 is 0. The molecule has 0 unspecified atom stereocenters. The van der Waals surface area contributed by atoms with Crippen molar-refractivity contribution in [1.29, 1.82) is 10.5 Å². The van der Waals surface area contributed by atoms with Crippen molar-refractivity contribution in [3.05, 3.63) is 58.0 Å². The predicted molar refractivity (Wildman–Crippen MR) is 229 cm³/mol. The predicted octanol–water partition coefficient (Wildman–Crippen LogP) is 11.4. The molecule has 0 fully saturated rings. The Bertz CT molecular complexity index is 1850. The molecule has 0 aliphatic carbocycles. The lowest BCUT2D eigenvalue weighted by Crippen LogP contribution is -2.37. The first-order valence-electron chi connectivity index (χ1n) is 21.8. The van der Waals surface area contributed by atoms with Crippen LogP contribution in [0.5, 0.6) is 0 Å². The third-order valence-corrected chi connectivity index (χ3v) is 10.7. The van der Waals surface area contributed by atoms with Gasteiger partial charge in [-0.3, -0.25) is 9.80 Å². The zero-order valence-corrected chi connectivity index (χ0v) is 35.1. The number of fused-ring (bicyclic) bond motifs is 2. The van der Waals surface area contributed by atoms with Gasteiger partial charge in [-0.1, -0.05) is 155 Å². The average Bonchev–Trinajstić information content (AvgIpc) is 3.67. The second-order valence-electron chi connectivity index (χ2n) is 15.0. The van der Waals surface area contributed by atoms with Gasteiger partial charge in [0.15, 0.2) is 5.69 Å². The van der Waals surface area contributed by atoms with Crippen LogP contribution in [-0.4, -0.2) is 37.6 Å². The number of allylic oxidation sites excluding steroid dienone is 2. The molecule has 4 rings (SSSR count). The Morgan fingerprint density at radius 3 is 1.53 bits per heavy atom. The standard InChI is InChI=1S/C45H63N12/c1-7-11-15-19-23-30-54-38(55(31-24-20-16-12-8-2)43-42(54)50-36(34-46)37(35-47)51-43)28-27-29-39-56(32-25-21-17-13-9-3)44-45(53-41(49-6)40(48-5)52-44)57(39)33-26-22-18-14-10-4/h27-29H,7-26,30-33H2,1-4H3/q+1. The van der Waals surface area contributed by atoms with Gasteiger partial charge in [-0.15, -0.1) is 9.97 Å². The minimum Gasteiger partial charge on any atom is -0.370 e. The minimum absolute atomic E-state index is 0.0383. The Kier molecular flexibility index (Phi) is 19.0. The van der Waals surface area contributed by atoms with Crippen LogP contribution in [0.4, 0.5) is 23.3 Å². The second-order valence-corrected chi connectivity index (χ2v) is 15.0. The molecule has 0 radical (unpaired) electrons. The van der Waals surface area contributed by atoms with Crippen molar-refractivity contribution in [2.75, 3.05) is 22.9 Å². The second kappa shape index (κ2) is 24.3. The van der Waals surface area contributed by atoms with Gasteiger partial charge in [-0.25, -0.2) is 9.13 Å². The molecule has 1 aliphatic heterocycles. The summed E-state index contributed by atoms with van der Waals surface area (Å²) in [6.07, 6.45) is 28.6. The molecular formula is C45H63N12+. The first-order valence-corrected chi connectivity index (χ1v) is 21.8. The lowest BCUT2D eigenvalue weighted by molar-refractivity contribution is -0.676. The number of unbranched alkanes of at least 4 members (excludes halogenated alkanes) is 16. The zero-order chi connectivity index (χ0) is 40.8. The van der Waals surface area contributed by atoms with E-state index in [-0.39, 0.29) is 23.0 Å². The molecule has 0 amide bonds. The molecule has 0 saturated heterocycles. The van der Waals surface area contributed by atoms with Crippen LogP contribution in [0.2, 0.25) is 0 Å². The number of hydrogen-bond donors (Lipinski definition) is 0. The topological polar surface area (TPSA) is 123 Å². The van der Waals surface area contributed by atoms with Gasteiger partial charge < -0.3 is 9.69 Å². The molecule has 0 aromatic carbocycles. The monoisotopic (exact) mass is 772 g/mol. The molecular weight excluding hydrogens is 709 g/mol. The molecule has 0 spiro atoms. The number of imidazole rings is 1. The van der Waals surface area contributed by atoms with E-state index in [0.29, 0.717) is 22.9 Å². The van der Waals surface area contributed by atoms with Crippen LogP contribution in [0.15, 0.2) is 18.0 Å². The number of hydrogen-bond acceptors (Lipinski definition) is 8. The van der Waals surface area contributed by atoms with Gasteiger partial charge >= 0.3 is 5.65 Å². The lowest BCUT2D eigenvalue weighted by Gasteiger charge is -2.22. The van der Waals surface area contributed by atoms with Crippen molar-refractivity contribution in [2.45, 2.75) is 169 Å². The Morgan fingerprint density at radius 2 is 1.05 bits per heavy atom. The molecule has 1 aliphatic rings. The van der Waals surface area contributed by atoms with E-state index in [2.05, 4.69) is 86.7 Å². The highest BCUT2D eigenvalue weighted by Crippen LogP contribution is 2.43. The highest BCUT2D eigenvalue weighted by atomic mass is 15.4. The molecule has 57 heavy (non-hydrogen) atoms. The molecule has 12 nitrogen and oxygen atoms in total. The molecule has 3 aromatic rings. The smallest absolute Gasteiger partial charge is 0.324 e. The summed E-state index contributed by atoms with van der Waals surface area (Å²) in [6, 6.07) is 4.22. The quantitative estimate of drug-likeness (QED) is 0.0449. The maximum absolute atomic E-state index is 9.94. The maximum Gasteiger partial charge on any atom is 0.324 e. The molecule has 0 N–H and O–H groups in total. The first kappa shape index (κ1) is 44.4. The normalized spacial score (nSPS) is 12.2. The fraction of sp³-hybridized carbons (Fsp3) is 0.622. The number of aryl methyl sites for hydroxylation is 2. The van der Waals surface area contributed by atoms with Crippen molar-refractivity contribution < 1.29 is 4.57 Å². The number of rotatable bonds is 26. The summed E-state index contributed by atoms with van der Waals surface area (Å²) < 4.78 is 4.37. The van der Waals surface area contributed by atoms with Gasteiger partial charge in [0.1, 0.15) is 18.0 Å². The number of aromatic nitrogens is 6. The van der Waals surface area contributed by atoms with Crippen molar-refractivity contribution in [2.24, 2.45) is 0 Å². The molecule has 0 atom stereocenters. The molecule has 12 heteroatoms. The average molecular weight is 772 g/mol. The summed E-state index contributed by atoms with van der Waals surface area (Å²) in [6.45, 7) is 27.3. The van der Waals surface area contributed by atoms with Crippen molar-refractivity contribution in [1.82, 2.24) is 24.5 Å². The van der Waals surface area contributed by atoms with Gasteiger partial charge in [0.2, 0.25) is 5.82 Å². The number of nitrogens with zero attached hydrogens (tertiary/aromatic N) is 12. The molecule has 0 saturated carbocycles. The van der Waals surface area contributed by atoms with E-state index in [1.54, 1.807) is 0 Å². The van der Waals surface area contributed by atoms with Gasteiger partial charge in [0, 0.05) is 19.2 Å². The van der Waals surface area contributed by atoms with Crippen molar-refractivity contribution >= 4 is 40.6 Å². The lowest BCUT2D eigenvalue weighted by atomic mass is 10.1. The largest absolute Gasteiger partial charge is 0.370 e. The summed E-state index contributed by atoms with van der Waals surface area (Å²) in [5.41, 5.74) is 1.36. The SMILES string of the molecule is [C-]#[N+]c1nc2c(nc1[N+]#[C-])N(CCCCCCC)C(=CC=Cc1n(CCCCCCC)c3nc(C#N)c(C#N)nc3[n+]1CCCCCCC)N2CCCCCCC. The van der Waals surface area contributed by atoms with Crippen molar-refractivity contribution in [3.8, 4) is 12.1 Å². The molecule has 4 heterocycles. The van der Waals surface area contributed by atoms with E-state index in [1.807, 2.05) is 0 Å². The van der Waals surface area contributed by atoms with Crippen LogP contribution >= 0.6 is 0 Å². The fourth-order valence-electron chi connectivity index (χ4n) is 7.53. The van der Waals surface area contributed by atoms with Crippen LogP contribution in [0.25, 0.3) is 27.1 Å². The molecule has 0 bridgehead atoms. The Morgan fingerprint density at radius 1 is 0.596 bits per heavy atom. The van der Waals surface area contributed by atoms with Crippen LogP contribution < -0.4 is 14.4 Å². The fourth-order valence-corrected chi connectivity index (χ4v) is 7.53. The molecule has 3 aromatic heterocycles. The third kappa shape index (κ3) is 11.8. The van der Waals surface area contributed by atoms with E-state index < -0.39 is 0 Å². The van der Waals surface area contributed by atoms with E-state index in [0.717, 1.165) is 115 Å². The van der Waals surface area contributed by atoms with Crippen LogP contribution in [0, 0.1) is 35.8 Å². The molecule has 302 valence electrons. The summed E-state index contributed by atoms with van der Waals surface area (Å²) in [4.78, 5) is 30.7. The Hall–Kier alpha value is -5.33. The van der Waals surface area contributed by atoms with Gasteiger partial charge in [0.05, 0.1) is 13.1 Å². The minimum atomic E-state index is 0.0383. The van der Waals surface area contributed by atoms with E-state index >= 15 is 0 Å². The van der Waals surface area contributed by atoms with E-state index in [4.69, 9.17) is 33.1 Å². The zero-order valence-electron chi connectivity index (χ0n) is 35.1. The van der Waals surface area contributed by atoms with E-state index in [9.17, 15) is 10.5 Å². The Labute approximate surface area is 341 Å². The highest BCUT2D eigenvalue weighted by molar-refractivity contribution is 5.81. The van der Waals surface area contributed by atoms with Gasteiger partial charge in [-0.2, -0.15) is 15.5 Å². The van der Waals surface area contributed by atoms with Gasteiger partial charge in [0.25, 0.3) is 34.6 Å². The third-order valence-electron chi connectivity index (χ3n) is 10.7. The summed E-state index contributed by atoms with van der Waals surface area (Å²) in [5.74, 6) is 3.23. The maximum atomic E-state index is 9.94. The van der Waals surface area contributed by atoms with Gasteiger partial charge in [-0.05, 0) is 31.8 Å². The highest BCUT2D eigenvalue weighted by Gasteiger charge is 2.40. The number of anilines is 2. The van der Waals surface area contributed by atoms with Crippen LogP contribution in [0.1, 0.15) is 173 Å². The Balaban J connectivity index is 1.86. The van der Waals surface area contributed by atoms with Crippen LogP contribution in [-0.2, 0) is 13.1 Å². The summed E-state index contributed by atoms with van der Waals surface area (Å²) in [7, 11) is 0. The number of nitriles is 2. The van der Waals surface area contributed by atoms with E-state index in [1.165, 1.54) is 51.4 Å². The summed E-state index contributed by atoms with van der Waals surface area (Å²) in [5, 5.41) is 19.9. The van der Waals surface area contributed by atoms with Crippen molar-refractivity contribution in [3.63, 3.8) is 0 Å². The van der Waals surface area contributed by atoms with Crippen LogP contribution in [0.3, 0.4) is 0 Å².